The number of aryl methyl sites for hydroxylation is 1. The zero-order chi connectivity index (χ0) is 17.9. The molecular weight excluding hydrogens is 307 g/mol. The van der Waals surface area contributed by atoms with E-state index in [4.69, 9.17) is 14.0 Å². The van der Waals surface area contributed by atoms with Gasteiger partial charge in [-0.15, -0.1) is 0 Å². The van der Waals surface area contributed by atoms with E-state index in [1.807, 2.05) is 46.8 Å². The molecule has 1 saturated heterocycles. The highest BCUT2D eigenvalue weighted by atomic mass is 16.7. The zero-order valence-corrected chi connectivity index (χ0v) is 15.2. The Kier molecular flexibility index (Phi) is 3.87. The van der Waals surface area contributed by atoms with Crippen LogP contribution in [0, 0.1) is 6.92 Å². The summed E-state index contributed by atoms with van der Waals surface area (Å²) in [7, 11) is -0.513. The molecule has 0 amide bonds. The minimum atomic E-state index is -0.882. The van der Waals surface area contributed by atoms with Crippen LogP contribution in [0.3, 0.4) is 0 Å². The summed E-state index contributed by atoms with van der Waals surface area (Å²) in [6.45, 7) is 11.5. The number of carbonyl (C=O) groups excluding carboxylic acids is 1. The first-order chi connectivity index (χ1) is 11.0. The van der Waals surface area contributed by atoms with Crippen LogP contribution in [0.1, 0.15) is 57.0 Å². The van der Waals surface area contributed by atoms with Crippen LogP contribution in [0.4, 0.5) is 0 Å². The van der Waals surface area contributed by atoms with E-state index in [1.54, 1.807) is 6.92 Å². The zero-order valence-electron chi connectivity index (χ0n) is 15.2. The lowest BCUT2D eigenvalue weighted by atomic mass is 9.74. The molecule has 0 aromatic heterocycles. The van der Waals surface area contributed by atoms with E-state index in [0.29, 0.717) is 11.3 Å². The van der Waals surface area contributed by atoms with Gasteiger partial charge in [0, 0.05) is 0 Å². The van der Waals surface area contributed by atoms with Gasteiger partial charge in [0.15, 0.2) is 5.78 Å². The second kappa shape index (κ2) is 5.31. The van der Waals surface area contributed by atoms with Gasteiger partial charge in [0.2, 0.25) is 0 Å². The summed E-state index contributed by atoms with van der Waals surface area (Å²) < 4.78 is 18.1. The molecule has 1 N–H and O–H groups in total. The maximum Gasteiger partial charge on any atom is 0.495 e. The lowest BCUT2D eigenvalue weighted by Crippen LogP contribution is -2.44. The van der Waals surface area contributed by atoms with Gasteiger partial charge in [0.05, 0.1) is 29.8 Å². The van der Waals surface area contributed by atoms with Gasteiger partial charge in [-0.3, -0.25) is 4.79 Å². The van der Waals surface area contributed by atoms with E-state index in [2.05, 4.69) is 0 Å². The molecule has 0 spiro atoms. The second-order valence-electron chi connectivity index (χ2n) is 8.10. The highest BCUT2D eigenvalue weighted by Gasteiger charge is 2.52. The number of rotatable bonds is 2. The van der Waals surface area contributed by atoms with Crippen molar-refractivity contribution in [3.63, 3.8) is 0 Å². The average Bonchev–Trinajstić information content (AvgIpc) is 2.68. The number of Topliss-reactive ketones (excluding diaryl/α,β-unsaturated/α-hetero) is 1. The van der Waals surface area contributed by atoms with Crippen LogP contribution in [-0.2, 0) is 9.31 Å². The third-order valence-electron chi connectivity index (χ3n) is 5.40. The van der Waals surface area contributed by atoms with E-state index < -0.39 is 23.9 Å². The number of aliphatic hydroxyl groups excluding tert-OH is 1. The summed E-state index contributed by atoms with van der Waals surface area (Å²) >= 11 is 0. The molecule has 24 heavy (non-hydrogen) atoms. The smallest absolute Gasteiger partial charge is 0.484 e. The molecule has 6 heteroatoms. The van der Waals surface area contributed by atoms with Crippen LogP contribution in [0.2, 0.25) is 0 Å². The monoisotopic (exact) mass is 332 g/mol. The Morgan fingerprint density at radius 2 is 1.71 bits per heavy atom. The van der Waals surface area contributed by atoms with Crippen molar-refractivity contribution < 1.29 is 23.9 Å². The van der Waals surface area contributed by atoms with Gasteiger partial charge < -0.3 is 19.2 Å². The van der Waals surface area contributed by atoms with E-state index in [9.17, 15) is 9.90 Å². The van der Waals surface area contributed by atoms with E-state index in [1.165, 1.54) is 0 Å². The molecule has 1 unspecified atom stereocenters. The highest BCUT2D eigenvalue weighted by Crippen LogP contribution is 2.38. The van der Waals surface area contributed by atoms with Crippen LogP contribution >= 0.6 is 0 Å². The van der Waals surface area contributed by atoms with Gasteiger partial charge in [-0.2, -0.15) is 0 Å². The van der Waals surface area contributed by atoms with Crippen LogP contribution in [0.25, 0.3) is 0 Å². The van der Waals surface area contributed by atoms with Crippen molar-refractivity contribution in [3.8, 4) is 5.75 Å². The molecule has 0 aliphatic carbocycles. The molecule has 1 aromatic carbocycles. The Morgan fingerprint density at radius 3 is 2.25 bits per heavy atom. The van der Waals surface area contributed by atoms with Crippen molar-refractivity contribution in [3.05, 3.63) is 23.3 Å². The first-order valence-corrected chi connectivity index (χ1v) is 8.31. The molecule has 1 aromatic rings. The van der Waals surface area contributed by atoms with Crippen molar-refractivity contribution in [1.82, 2.24) is 0 Å². The fourth-order valence-corrected chi connectivity index (χ4v) is 3.05. The summed E-state index contributed by atoms with van der Waals surface area (Å²) in [6.07, 6.45) is 0.172. The maximum absolute atomic E-state index is 12.4. The fourth-order valence-electron chi connectivity index (χ4n) is 3.05. The fraction of sp³-hybridized carbons (Fsp3) is 0.611. The van der Waals surface area contributed by atoms with E-state index in [-0.39, 0.29) is 18.8 Å². The number of hydrogen-bond acceptors (Lipinski definition) is 5. The Labute approximate surface area is 143 Å². The van der Waals surface area contributed by atoms with E-state index in [0.717, 1.165) is 11.0 Å². The first-order valence-electron chi connectivity index (χ1n) is 8.31. The predicted molar refractivity (Wildman–Crippen MR) is 92.0 cm³/mol. The molecule has 1 atom stereocenters. The molecule has 5 nitrogen and oxygen atoms in total. The quantitative estimate of drug-likeness (QED) is 0.840. The predicted octanol–water partition coefficient (Wildman–Crippen LogP) is 2.01. The number of carbonyl (C=O) groups is 1. The van der Waals surface area contributed by atoms with Gasteiger partial charge in [-0.25, -0.2) is 0 Å². The largest absolute Gasteiger partial charge is 0.495 e. The van der Waals surface area contributed by atoms with Crippen LogP contribution in [-0.4, -0.2) is 41.4 Å². The minimum Gasteiger partial charge on any atom is -0.484 e. The third-order valence-corrected chi connectivity index (χ3v) is 5.40. The topological polar surface area (TPSA) is 65.0 Å². The van der Waals surface area contributed by atoms with Gasteiger partial charge in [0.25, 0.3) is 0 Å². The van der Waals surface area contributed by atoms with Crippen LogP contribution in [0.5, 0.6) is 5.75 Å². The van der Waals surface area contributed by atoms with Crippen LogP contribution < -0.4 is 10.2 Å². The molecule has 130 valence electrons. The Morgan fingerprint density at radius 1 is 1.12 bits per heavy atom. The van der Waals surface area contributed by atoms with Gasteiger partial charge in [-0.1, -0.05) is 5.56 Å². The molecule has 2 aliphatic heterocycles. The normalized spacial score (nSPS) is 27.8. The second-order valence-corrected chi connectivity index (χ2v) is 8.10. The summed E-state index contributed by atoms with van der Waals surface area (Å²) in [5, 5.41) is 9.54. The lowest BCUT2D eigenvalue weighted by molar-refractivity contribution is 0.00578. The van der Waals surface area contributed by atoms with E-state index >= 15 is 0 Å². The number of ketones is 1. The first kappa shape index (κ1) is 17.5. The van der Waals surface area contributed by atoms with Crippen molar-refractivity contribution in [2.75, 3.05) is 6.61 Å². The number of hydrogen-bond donors (Lipinski definition) is 1. The number of fused-ring (bicyclic) bond motifs is 1. The molecule has 0 bridgehead atoms. The molecule has 3 rings (SSSR count). The summed E-state index contributed by atoms with van der Waals surface area (Å²) in [5.74, 6) is 0.467. The highest BCUT2D eigenvalue weighted by molar-refractivity contribution is 6.62. The lowest BCUT2D eigenvalue weighted by Gasteiger charge is -2.34. The molecule has 0 saturated carbocycles. The summed E-state index contributed by atoms with van der Waals surface area (Å²) in [5.41, 5.74) is 0.581. The van der Waals surface area contributed by atoms with Crippen LogP contribution in [0.15, 0.2) is 12.1 Å². The Bertz CT molecular complexity index is 681. The maximum atomic E-state index is 12.4. The average molecular weight is 332 g/mol. The molecule has 1 fully saturated rings. The Hall–Kier alpha value is -1.37. The number of benzene rings is 1. The van der Waals surface area contributed by atoms with Crippen molar-refractivity contribution in [2.24, 2.45) is 0 Å². The summed E-state index contributed by atoms with van der Waals surface area (Å²) in [4.78, 5) is 12.4. The van der Waals surface area contributed by atoms with Crippen molar-refractivity contribution in [2.45, 2.75) is 64.8 Å². The van der Waals surface area contributed by atoms with Gasteiger partial charge >= 0.3 is 7.12 Å². The van der Waals surface area contributed by atoms with Gasteiger partial charge in [-0.05, 0) is 59.1 Å². The summed E-state index contributed by atoms with van der Waals surface area (Å²) in [6, 6.07) is 3.65. The third kappa shape index (κ3) is 2.67. The Balaban J connectivity index is 2.01. The molecule has 0 radical (unpaired) electrons. The number of ether oxygens (including phenoxy) is 1. The van der Waals surface area contributed by atoms with Gasteiger partial charge in [0.1, 0.15) is 11.4 Å². The van der Waals surface area contributed by atoms with Crippen molar-refractivity contribution >= 4 is 18.4 Å². The number of aliphatic hydroxyl groups is 1. The van der Waals surface area contributed by atoms with Crippen molar-refractivity contribution in [1.29, 1.82) is 0 Å². The molecule has 2 heterocycles. The SMILES string of the molecule is Cc1cc2c(cc1B1OC(C)(C)C(C)(C)O1)OC(C)(CO)CC2=O. The minimum absolute atomic E-state index is 0.0173. The molecular formula is C18H25BO5. The standard InChI is InChI=1S/C18H25BO5/c1-11-7-12-14(21)9-18(6,10-20)22-15(12)8-13(11)19-23-16(2,3)17(4,5)24-19/h7-8,20H,9-10H2,1-6H3. The molecule has 2 aliphatic rings.